The number of thiazole rings is 1. The van der Waals surface area contributed by atoms with Gasteiger partial charge in [0, 0.05) is 54.7 Å². The standard InChI is InChI=1S/C28H32N6O7S/c1-16(35)41-14-22(36)29-18-6-5-10-33(13-18)24-19(7-8-23(37)38)26(40)34-11-9-17(12-21(34)31-24)25(39)32-27-30-20(15-42-27)28(2,3)4/h7-9,11-12,15,18H,5-6,10,13-14H2,1-4H3,(H,29,36)(H,37,38)(H,30,32,39)/t18-/m0/s1. The second-order valence-corrected chi connectivity index (χ2v) is 11.7. The van der Waals surface area contributed by atoms with Crippen molar-refractivity contribution >= 4 is 57.8 Å². The molecule has 0 aliphatic carbocycles. The third-order valence-electron chi connectivity index (χ3n) is 6.49. The molecule has 13 nitrogen and oxygen atoms in total. The minimum Gasteiger partial charge on any atom is -0.478 e. The van der Waals surface area contributed by atoms with E-state index in [-0.39, 0.29) is 40.6 Å². The van der Waals surface area contributed by atoms with Gasteiger partial charge in [-0.05, 0) is 31.1 Å². The van der Waals surface area contributed by atoms with Gasteiger partial charge in [0.1, 0.15) is 11.5 Å². The number of anilines is 2. The number of amides is 2. The van der Waals surface area contributed by atoms with Gasteiger partial charge in [-0.3, -0.25) is 28.9 Å². The summed E-state index contributed by atoms with van der Waals surface area (Å²) in [5, 5.41) is 17.2. The zero-order valence-corrected chi connectivity index (χ0v) is 24.5. The van der Waals surface area contributed by atoms with Crippen molar-refractivity contribution in [1.29, 1.82) is 0 Å². The van der Waals surface area contributed by atoms with E-state index < -0.39 is 35.9 Å². The molecule has 14 heteroatoms. The van der Waals surface area contributed by atoms with Gasteiger partial charge in [-0.1, -0.05) is 20.8 Å². The molecule has 0 spiro atoms. The molecule has 0 unspecified atom stereocenters. The van der Waals surface area contributed by atoms with E-state index in [1.54, 1.807) is 4.90 Å². The Morgan fingerprint density at radius 2 is 2.00 bits per heavy atom. The Kier molecular flexibility index (Phi) is 9.05. The average molecular weight is 597 g/mol. The zero-order chi connectivity index (χ0) is 30.6. The molecule has 3 aromatic heterocycles. The number of nitrogens with one attached hydrogen (secondary N) is 2. The van der Waals surface area contributed by atoms with Crippen LogP contribution >= 0.6 is 11.3 Å². The van der Waals surface area contributed by atoms with Crippen molar-refractivity contribution in [2.75, 3.05) is 29.9 Å². The molecule has 1 atom stereocenters. The van der Waals surface area contributed by atoms with Crippen LogP contribution in [-0.4, -0.2) is 69.0 Å². The van der Waals surface area contributed by atoms with E-state index in [2.05, 4.69) is 20.6 Å². The molecule has 3 aromatic rings. The highest BCUT2D eigenvalue weighted by Gasteiger charge is 2.26. The lowest BCUT2D eigenvalue weighted by molar-refractivity contribution is -0.146. The summed E-state index contributed by atoms with van der Waals surface area (Å²) in [6.07, 6.45) is 4.76. The highest BCUT2D eigenvalue weighted by atomic mass is 32.1. The number of ether oxygens (including phenoxy) is 1. The number of hydrogen-bond donors (Lipinski definition) is 3. The number of piperidine rings is 1. The van der Waals surface area contributed by atoms with Crippen LogP contribution in [0.5, 0.6) is 0 Å². The minimum absolute atomic E-state index is 0.0523. The molecule has 3 N–H and O–H groups in total. The number of esters is 1. The van der Waals surface area contributed by atoms with Crippen LogP contribution in [0.15, 0.2) is 34.6 Å². The molecule has 0 aromatic carbocycles. The predicted molar refractivity (Wildman–Crippen MR) is 157 cm³/mol. The van der Waals surface area contributed by atoms with Crippen LogP contribution in [-0.2, 0) is 24.5 Å². The van der Waals surface area contributed by atoms with Crippen molar-refractivity contribution < 1.29 is 29.0 Å². The van der Waals surface area contributed by atoms with E-state index in [1.807, 2.05) is 26.2 Å². The van der Waals surface area contributed by atoms with Crippen molar-refractivity contribution in [3.05, 3.63) is 57.0 Å². The zero-order valence-electron chi connectivity index (χ0n) is 23.7. The van der Waals surface area contributed by atoms with E-state index in [9.17, 15) is 29.1 Å². The quantitative estimate of drug-likeness (QED) is 0.259. The van der Waals surface area contributed by atoms with Gasteiger partial charge in [0.05, 0.1) is 11.3 Å². The van der Waals surface area contributed by atoms with Crippen LogP contribution in [0.25, 0.3) is 11.7 Å². The fourth-order valence-corrected chi connectivity index (χ4v) is 5.32. The molecule has 0 saturated carbocycles. The average Bonchev–Trinajstić information content (AvgIpc) is 3.40. The van der Waals surface area contributed by atoms with Crippen LogP contribution in [0.2, 0.25) is 0 Å². The van der Waals surface area contributed by atoms with Gasteiger partial charge in [0.25, 0.3) is 17.4 Å². The third-order valence-corrected chi connectivity index (χ3v) is 7.24. The lowest BCUT2D eigenvalue weighted by Gasteiger charge is -2.34. The molecule has 42 heavy (non-hydrogen) atoms. The van der Waals surface area contributed by atoms with Crippen LogP contribution in [0.1, 0.15) is 62.2 Å². The maximum atomic E-state index is 13.5. The first-order valence-corrected chi connectivity index (χ1v) is 14.1. The van der Waals surface area contributed by atoms with Crippen molar-refractivity contribution in [3.63, 3.8) is 0 Å². The Balaban J connectivity index is 1.65. The molecular formula is C28H32N6O7S. The molecule has 0 radical (unpaired) electrons. The lowest BCUT2D eigenvalue weighted by atomic mass is 9.93. The Labute approximate surface area is 245 Å². The van der Waals surface area contributed by atoms with Crippen molar-refractivity contribution in [2.24, 2.45) is 0 Å². The largest absolute Gasteiger partial charge is 0.478 e. The van der Waals surface area contributed by atoms with Gasteiger partial charge in [-0.2, -0.15) is 0 Å². The number of carbonyl (C=O) groups is 4. The molecular weight excluding hydrogens is 564 g/mol. The SMILES string of the molecule is CC(=O)OCC(=O)N[C@H]1CCCN(c2nc3cc(C(=O)Nc4nc(C(C)(C)C)cs4)ccn3c(=O)c2C=CC(=O)O)C1. The highest BCUT2D eigenvalue weighted by Crippen LogP contribution is 2.27. The van der Waals surface area contributed by atoms with Gasteiger partial charge in [0.2, 0.25) is 0 Å². The first-order valence-electron chi connectivity index (χ1n) is 13.2. The Hall–Kier alpha value is -4.59. The minimum atomic E-state index is -1.23. The summed E-state index contributed by atoms with van der Waals surface area (Å²) in [6.45, 7) is 7.66. The fourth-order valence-electron chi connectivity index (χ4n) is 4.39. The molecule has 1 fully saturated rings. The number of rotatable bonds is 8. The summed E-state index contributed by atoms with van der Waals surface area (Å²) in [5.41, 5.74) is 0.652. The number of pyridine rings is 1. The van der Waals surface area contributed by atoms with Crippen molar-refractivity contribution in [3.8, 4) is 0 Å². The summed E-state index contributed by atoms with van der Waals surface area (Å²) in [7, 11) is 0. The number of carboxylic acid groups (broad SMARTS) is 1. The Bertz CT molecular complexity index is 1620. The number of aromatic nitrogens is 3. The Morgan fingerprint density at radius 1 is 1.24 bits per heavy atom. The molecule has 0 bridgehead atoms. The number of aliphatic carboxylic acids is 1. The summed E-state index contributed by atoms with van der Waals surface area (Å²) < 4.78 is 6.00. The topological polar surface area (TPSA) is 172 Å². The normalized spacial score (nSPS) is 15.5. The number of hydrogen-bond acceptors (Lipinski definition) is 10. The number of carbonyl (C=O) groups excluding carboxylic acids is 3. The molecule has 2 amide bonds. The van der Waals surface area contributed by atoms with Gasteiger partial charge in [-0.15, -0.1) is 11.3 Å². The predicted octanol–water partition coefficient (Wildman–Crippen LogP) is 2.45. The lowest BCUT2D eigenvalue weighted by Crippen LogP contribution is -2.49. The molecule has 4 heterocycles. The smallest absolute Gasteiger partial charge is 0.328 e. The van der Waals surface area contributed by atoms with Crippen molar-refractivity contribution in [1.82, 2.24) is 19.7 Å². The second-order valence-electron chi connectivity index (χ2n) is 10.8. The first kappa shape index (κ1) is 30.4. The van der Waals surface area contributed by atoms with Crippen LogP contribution in [0.3, 0.4) is 0 Å². The summed E-state index contributed by atoms with van der Waals surface area (Å²) in [6, 6.07) is 2.63. The third kappa shape index (κ3) is 7.37. The van der Waals surface area contributed by atoms with Crippen LogP contribution < -0.4 is 21.1 Å². The summed E-state index contributed by atoms with van der Waals surface area (Å²) in [4.78, 5) is 72.0. The molecule has 1 saturated heterocycles. The van der Waals surface area contributed by atoms with Crippen LogP contribution in [0.4, 0.5) is 10.9 Å². The monoisotopic (exact) mass is 596 g/mol. The molecule has 1 aliphatic heterocycles. The highest BCUT2D eigenvalue weighted by molar-refractivity contribution is 7.14. The summed E-state index contributed by atoms with van der Waals surface area (Å²) in [5.74, 6) is -2.46. The van der Waals surface area contributed by atoms with E-state index in [0.717, 1.165) is 11.8 Å². The van der Waals surface area contributed by atoms with E-state index >= 15 is 0 Å². The van der Waals surface area contributed by atoms with Gasteiger partial charge in [0.15, 0.2) is 11.7 Å². The van der Waals surface area contributed by atoms with E-state index in [0.29, 0.717) is 24.5 Å². The van der Waals surface area contributed by atoms with E-state index in [4.69, 9.17) is 4.74 Å². The van der Waals surface area contributed by atoms with Gasteiger partial charge >= 0.3 is 11.9 Å². The molecule has 4 rings (SSSR count). The van der Waals surface area contributed by atoms with Gasteiger partial charge in [-0.25, -0.2) is 14.8 Å². The maximum absolute atomic E-state index is 13.5. The fraction of sp³-hybridized carbons (Fsp3) is 0.393. The molecule has 222 valence electrons. The summed E-state index contributed by atoms with van der Waals surface area (Å²) >= 11 is 1.31. The Morgan fingerprint density at radius 3 is 2.67 bits per heavy atom. The number of carboxylic acids is 1. The van der Waals surface area contributed by atoms with Gasteiger partial charge < -0.3 is 20.1 Å². The van der Waals surface area contributed by atoms with Crippen molar-refractivity contribution in [2.45, 2.75) is 52.0 Å². The molecule has 1 aliphatic rings. The van der Waals surface area contributed by atoms with E-state index in [1.165, 1.54) is 47.1 Å². The second kappa shape index (κ2) is 12.5. The van der Waals surface area contributed by atoms with Crippen LogP contribution in [0, 0.1) is 0 Å². The first-order chi connectivity index (χ1) is 19.8. The number of nitrogens with zero attached hydrogens (tertiary/aromatic N) is 4. The number of fused-ring (bicyclic) bond motifs is 1. The maximum Gasteiger partial charge on any atom is 0.328 e.